The van der Waals surface area contributed by atoms with Gasteiger partial charge in [-0.05, 0) is 125 Å². The average molecular weight is 467 g/mol. The molecule has 4 fully saturated rings. The molecule has 10 atom stereocenters. The van der Waals surface area contributed by atoms with Gasteiger partial charge in [-0.3, -0.25) is 4.79 Å². The smallest absolute Gasteiger partial charge is 0.251 e. The molecule has 1 amide bonds. The van der Waals surface area contributed by atoms with Crippen molar-refractivity contribution in [1.82, 2.24) is 10.2 Å². The minimum absolute atomic E-state index is 0.0534. The lowest BCUT2D eigenvalue weighted by atomic mass is 9.44. The van der Waals surface area contributed by atoms with Crippen LogP contribution in [0.15, 0.2) is 30.3 Å². The van der Waals surface area contributed by atoms with E-state index >= 15 is 0 Å². The summed E-state index contributed by atoms with van der Waals surface area (Å²) in [6, 6.07) is 9.94. The number of carbonyl (C=O) groups is 1. The predicted molar refractivity (Wildman–Crippen MR) is 137 cm³/mol. The van der Waals surface area contributed by atoms with Gasteiger partial charge in [0.25, 0.3) is 5.91 Å². The first-order valence-corrected chi connectivity index (χ1v) is 13.9. The van der Waals surface area contributed by atoms with Gasteiger partial charge >= 0.3 is 0 Å². The van der Waals surface area contributed by atoms with Crippen LogP contribution in [0.25, 0.3) is 0 Å². The molecule has 1 aromatic carbocycles. The van der Waals surface area contributed by atoms with Crippen LogP contribution in [0.4, 0.5) is 0 Å². The van der Waals surface area contributed by atoms with Crippen molar-refractivity contribution in [1.29, 1.82) is 0 Å². The Morgan fingerprint density at radius 1 is 1.03 bits per heavy atom. The van der Waals surface area contributed by atoms with Gasteiger partial charge in [-0.2, -0.15) is 0 Å². The number of nitrogens with zero attached hydrogens (tertiary/aromatic N) is 1. The van der Waals surface area contributed by atoms with Crippen molar-refractivity contribution < 1.29 is 9.90 Å². The summed E-state index contributed by atoms with van der Waals surface area (Å²) in [7, 11) is 4.49. The van der Waals surface area contributed by atoms with Gasteiger partial charge in [-0.15, -0.1) is 0 Å². The number of fused-ring (bicyclic) bond motifs is 5. The fourth-order valence-electron chi connectivity index (χ4n) is 9.49. The van der Waals surface area contributed by atoms with Crippen LogP contribution in [0.2, 0.25) is 0 Å². The summed E-state index contributed by atoms with van der Waals surface area (Å²) >= 11 is 0. The van der Waals surface area contributed by atoms with E-state index in [-0.39, 0.29) is 17.4 Å². The van der Waals surface area contributed by atoms with E-state index in [0.717, 1.165) is 36.5 Å². The zero-order chi connectivity index (χ0) is 24.3. The lowest BCUT2D eigenvalue weighted by molar-refractivity contribution is -0.139. The number of benzene rings is 1. The van der Waals surface area contributed by atoms with Gasteiger partial charge in [-0.25, -0.2) is 0 Å². The highest BCUT2D eigenvalue weighted by molar-refractivity contribution is 5.94. The quantitative estimate of drug-likeness (QED) is 0.628. The van der Waals surface area contributed by atoms with Crippen LogP contribution in [0.1, 0.15) is 82.5 Å². The molecule has 4 nitrogen and oxygen atoms in total. The minimum Gasteiger partial charge on any atom is -0.391 e. The summed E-state index contributed by atoms with van der Waals surface area (Å²) in [6.45, 7) is 7.54. The summed E-state index contributed by atoms with van der Waals surface area (Å²) in [5.74, 6) is 3.71. The summed E-state index contributed by atoms with van der Waals surface area (Å²) in [6.07, 6.45) is 9.31. The Hall–Kier alpha value is -1.39. The number of hydrogen-bond acceptors (Lipinski definition) is 3. The van der Waals surface area contributed by atoms with Crippen molar-refractivity contribution >= 4 is 5.91 Å². The number of aliphatic hydroxyl groups excluding tert-OH is 1. The molecular formula is C30H46N2O2. The monoisotopic (exact) mass is 466 g/mol. The van der Waals surface area contributed by atoms with E-state index < -0.39 is 6.10 Å². The van der Waals surface area contributed by atoms with E-state index in [9.17, 15) is 9.90 Å². The van der Waals surface area contributed by atoms with E-state index in [1.165, 1.54) is 38.5 Å². The fourth-order valence-corrected chi connectivity index (χ4v) is 9.49. The minimum atomic E-state index is -0.453. The van der Waals surface area contributed by atoms with Crippen molar-refractivity contribution in [2.24, 2.45) is 40.4 Å². The number of aliphatic hydroxyl groups is 1. The van der Waals surface area contributed by atoms with Crippen molar-refractivity contribution in [3.05, 3.63) is 35.9 Å². The number of nitrogens with one attached hydrogen (secondary N) is 1. The summed E-state index contributed by atoms with van der Waals surface area (Å²) in [5.41, 5.74) is 1.34. The van der Waals surface area contributed by atoms with Crippen LogP contribution in [0.5, 0.6) is 0 Å². The highest BCUT2D eigenvalue weighted by Gasteiger charge is 2.61. The van der Waals surface area contributed by atoms with Gasteiger partial charge in [0, 0.05) is 11.6 Å². The first-order chi connectivity index (χ1) is 16.1. The van der Waals surface area contributed by atoms with Crippen molar-refractivity contribution in [2.75, 3.05) is 14.1 Å². The van der Waals surface area contributed by atoms with Gasteiger partial charge in [0.05, 0.1) is 12.1 Å². The first-order valence-electron chi connectivity index (χ1n) is 13.9. The van der Waals surface area contributed by atoms with E-state index in [1.807, 2.05) is 30.3 Å². The van der Waals surface area contributed by atoms with Crippen LogP contribution in [-0.4, -0.2) is 48.2 Å². The fraction of sp³-hybridized carbons (Fsp3) is 0.767. The number of amides is 1. The topological polar surface area (TPSA) is 52.6 Å². The Labute approximate surface area is 206 Å². The van der Waals surface area contributed by atoms with Crippen LogP contribution in [0, 0.1) is 40.4 Å². The molecule has 0 saturated heterocycles. The third kappa shape index (κ3) is 3.84. The normalized spacial score (nSPS) is 44.6. The average Bonchev–Trinajstić information content (AvgIpc) is 3.16. The highest BCUT2D eigenvalue weighted by Crippen LogP contribution is 2.67. The predicted octanol–water partition coefficient (Wildman–Crippen LogP) is 5.36. The molecule has 4 heteroatoms. The van der Waals surface area contributed by atoms with Gasteiger partial charge < -0.3 is 15.3 Å². The summed E-state index contributed by atoms with van der Waals surface area (Å²) < 4.78 is 0. The molecule has 1 aromatic rings. The Kier molecular flexibility index (Phi) is 6.38. The molecule has 0 spiro atoms. The Balaban J connectivity index is 1.31. The molecule has 0 radical (unpaired) electrons. The zero-order valence-electron chi connectivity index (χ0n) is 22.0. The van der Waals surface area contributed by atoms with Crippen LogP contribution < -0.4 is 5.32 Å². The van der Waals surface area contributed by atoms with E-state index in [1.54, 1.807) is 0 Å². The Bertz CT molecular complexity index is 887. The third-order valence-electron chi connectivity index (χ3n) is 11.5. The maximum Gasteiger partial charge on any atom is 0.251 e. The number of carbonyl (C=O) groups excluding carboxylic acids is 1. The third-order valence-corrected chi connectivity index (χ3v) is 11.5. The van der Waals surface area contributed by atoms with Crippen LogP contribution >= 0.6 is 0 Å². The lowest BCUT2D eigenvalue weighted by Crippen LogP contribution is -2.59. The molecule has 10 unspecified atom stereocenters. The molecule has 2 N–H and O–H groups in total. The molecule has 188 valence electrons. The van der Waals surface area contributed by atoms with Crippen molar-refractivity contribution in [3.63, 3.8) is 0 Å². The van der Waals surface area contributed by atoms with Crippen LogP contribution in [0.3, 0.4) is 0 Å². The molecular weight excluding hydrogens is 420 g/mol. The largest absolute Gasteiger partial charge is 0.391 e. The second-order valence-corrected chi connectivity index (χ2v) is 13.0. The number of hydrogen-bond donors (Lipinski definition) is 2. The summed E-state index contributed by atoms with van der Waals surface area (Å²) in [5, 5.41) is 14.4. The van der Waals surface area contributed by atoms with E-state index in [0.29, 0.717) is 22.9 Å². The van der Waals surface area contributed by atoms with Gasteiger partial charge in [-0.1, -0.05) is 32.0 Å². The van der Waals surface area contributed by atoms with Crippen LogP contribution in [-0.2, 0) is 0 Å². The van der Waals surface area contributed by atoms with Gasteiger partial charge in [0.2, 0.25) is 0 Å². The molecule has 0 aromatic heterocycles. The van der Waals surface area contributed by atoms with Crippen molar-refractivity contribution in [2.45, 2.75) is 90.3 Å². The zero-order valence-corrected chi connectivity index (χ0v) is 22.0. The SMILES string of the molecule is CC(C1CCC2C3CCC4CC(NC(=O)c5ccccc5)C(O)CC4(C)C3CCC21C)N(C)C. The molecule has 0 aliphatic heterocycles. The highest BCUT2D eigenvalue weighted by atomic mass is 16.3. The second kappa shape index (κ2) is 8.92. The Morgan fingerprint density at radius 3 is 2.44 bits per heavy atom. The first kappa shape index (κ1) is 24.3. The lowest BCUT2D eigenvalue weighted by Gasteiger charge is -2.62. The summed E-state index contributed by atoms with van der Waals surface area (Å²) in [4.78, 5) is 15.2. The second-order valence-electron chi connectivity index (χ2n) is 13.0. The maximum atomic E-state index is 12.8. The molecule has 34 heavy (non-hydrogen) atoms. The molecule has 4 aliphatic carbocycles. The molecule has 4 saturated carbocycles. The molecule has 0 bridgehead atoms. The number of rotatable bonds is 4. The molecule has 0 heterocycles. The van der Waals surface area contributed by atoms with Gasteiger partial charge in [0.15, 0.2) is 0 Å². The maximum absolute atomic E-state index is 12.8. The van der Waals surface area contributed by atoms with Gasteiger partial charge in [0.1, 0.15) is 0 Å². The molecule has 5 rings (SSSR count). The Morgan fingerprint density at radius 2 is 1.74 bits per heavy atom. The van der Waals surface area contributed by atoms with Crippen molar-refractivity contribution in [3.8, 4) is 0 Å². The standard InChI is InChI=1S/C30H46N2O2/c1-19(32(4)5)23-13-14-24-22-12-11-21-17-26(31-28(34)20-9-7-6-8-10-20)27(33)18-30(21,3)25(22)15-16-29(23,24)2/h6-10,19,21-27,33H,11-18H2,1-5H3,(H,31,34). The van der Waals surface area contributed by atoms with E-state index in [2.05, 4.69) is 45.1 Å². The van der Waals surface area contributed by atoms with E-state index in [4.69, 9.17) is 0 Å². The molecule has 4 aliphatic rings.